The van der Waals surface area contributed by atoms with Crippen LogP contribution in [0.3, 0.4) is 0 Å². The van der Waals surface area contributed by atoms with Crippen LogP contribution < -0.4 is 0 Å². The molecule has 0 bridgehead atoms. The topological polar surface area (TPSA) is 67.8 Å². The van der Waals surface area contributed by atoms with Gasteiger partial charge in [0.25, 0.3) is 0 Å². The third kappa shape index (κ3) is 2.35. The fraction of sp³-hybridized carbons (Fsp3) is 0. The van der Waals surface area contributed by atoms with Gasteiger partial charge in [-0.1, -0.05) is 6.07 Å². The van der Waals surface area contributed by atoms with E-state index < -0.39 is 0 Å². The molecule has 0 unspecified atom stereocenters. The Bertz CT molecular complexity index is 450. The molecule has 0 saturated heterocycles. The SMILES string of the molecule is N#CC(C#N)=Cc1ccc(O)c(Br)c1. The maximum atomic E-state index is 9.19. The number of nitriles is 2. The molecular formula is C10H5BrN2O. The summed E-state index contributed by atoms with van der Waals surface area (Å²) < 4.78 is 0.529. The van der Waals surface area contributed by atoms with Crippen molar-refractivity contribution in [2.45, 2.75) is 0 Å². The van der Waals surface area contributed by atoms with E-state index in [0.717, 1.165) is 0 Å². The molecule has 14 heavy (non-hydrogen) atoms. The quantitative estimate of drug-likeness (QED) is 0.777. The number of halogens is 1. The minimum absolute atomic E-state index is 0.0302. The number of rotatable bonds is 1. The summed E-state index contributed by atoms with van der Waals surface area (Å²) in [7, 11) is 0. The Kier molecular flexibility index (Phi) is 3.28. The van der Waals surface area contributed by atoms with Gasteiger partial charge in [0.2, 0.25) is 0 Å². The molecule has 68 valence electrons. The van der Waals surface area contributed by atoms with Gasteiger partial charge in [0.05, 0.1) is 4.47 Å². The summed E-state index contributed by atoms with van der Waals surface area (Å²) in [6, 6.07) is 8.25. The molecule has 0 radical (unpaired) electrons. The van der Waals surface area contributed by atoms with Crippen LogP contribution in [0.15, 0.2) is 28.2 Å². The van der Waals surface area contributed by atoms with Crippen LogP contribution >= 0.6 is 15.9 Å². The molecule has 0 aromatic heterocycles. The van der Waals surface area contributed by atoms with Crippen LogP contribution in [0.2, 0.25) is 0 Å². The molecule has 0 atom stereocenters. The number of phenols is 1. The van der Waals surface area contributed by atoms with E-state index in [1.807, 2.05) is 0 Å². The molecule has 0 spiro atoms. The largest absolute Gasteiger partial charge is 0.507 e. The Hall–Kier alpha value is -1.78. The second-order valence-electron chi connectivity index (χ2n) is 2.49. The van der Waals surface area contributed by atoms with E-state index in [0.29, 0.717) is 10.0 Å². The molecule has 0 saturated carbocycles. The van der Waals surface area contributed by atoms with Crippen LogP contribution in [-0.4, -0.2) is 5.11 Å². The molecular weight excluding hydrogens is 244 g/mol. The van der Waals surface area contributed by atoms with E-state index in [1.165, 1.54) is 12.1 Å². The predicted octanol–water partition coefficient (Wildman–Crippen LogP) is 2.59. The lowest BCUT2D eigenvalue weighted by Gasteiger charge is -1.97. The third-order valence-corrected chi connectivity index (χ3v) is 2.16. The normalized spacial score (nSPS) is 8.50. The van der Waals surface area contributed by atoms with E-state index in [9.17, 15) is 5.11 Å². The van der Waals surface area contributed by atoms with Crippen molar-refractivity contribution in [1.82, 2.24) is 0 Å². The second-order valence-corrected chi connectivity index (χ2v) is 3.35. The lowest BCUT2D eigenvalue weighted by molar-refractivity contribution is 0.472. The smallest absolute Gasteiger partial charge is 0.130 e. The van der Waals surface area contributed by atoms with Gasteiger partial charge < -0.3 is 5.11 Å². The van der Waals surface area contributed by atoms with E-state index in [2.05, 4.69) is 15.9 Å². The Morgan fingerprint density at radius 3 is 2.50 bits per heavy atom. The van der Waals surface area contributed by atoms with Crippen molar-refractivity contribution in [1.29, 1.82) is 10.5 Å². The van der Waals surface area contributed by atoms with Crippen LogP contribution in [0.25, 0.3) is 6.08 Å². The number of aromatic hydroxyl groups is 1. The van der Waals surface area contributed by atoms with Crippen molar-refractivity contribution >= 4 is 22.0 Å². The molecule has 0 aliphatic heterocycles. The molecule has 3 nitrogen and oxygen atoms in total. The zero-order valence-electron chi connectivity index (χ0n) is 7.03. The predicted molar refractivity (Wildman–Crippen MR) is 55.0 cm³/mol. The van der Waals surface area contributed by atoms with Crippen molar-refractivity contribution in [3.8, 4) is 17.9 Å². The number of hydrogen-bond donors (Lipinski definition) is 1. The molecule has 1 aromatic rings. The fourth-order valence-electron chi connectivity index (χ4n) is 0.869. The van der Waals surface area contributed by atoms with Crippen molar-refractivity contribution < 1.29 is 5.11 Å². The maximum Gasteiger partial charge on any atom is 0.130 e. The first kappa shape index (κ1) is 10.3. The Balaban J connectivity index is 3.13. The van der Waals surface area contributed by atoms with E-state index >= 15 is 0 Å². The van der Waals surface area contributed by atoms with E-state index in [4.69, 9.17) is 10.5 Å². The maximum absolute atomic E-state index is 9.19. The average Bonchev–Trinajstić information content (AvgIpc) is 2.19. The molecule has 1 aromatic carbocycles. The summed E-state index contributed by atoms with van der Waals surface area (Å²) in [6.45, 7) is 0. The molecule has 1 rings (SSSR count). The summed E-state index contributed by atoms with van der Waals surface area (Å²) >= 11 is 3.13. The van der Waals surface area contributed by atoms with Gasteiger partial charge in [0, 0.05) is 0 Å². The highest BCUT2D eigenvalue weighted by molar-refractivity contribution is 9.10. The number of allylic oxidation sites excluding steroid dienone is 1. The van der Waals surface area contributed by atoms with Crippen molar-refractivity contribution in [3.05, 3.63) is 33.8 Å². The van der Waals surface area contributed by atoms with Gasteiger partial charge in [-0.2, -0.15) is 10.5 Å². The Labute approximate surface area is 89.6 Å². The van der Waals surface area contributed by atoms with E-state index in [1.54, 1.807) is 24.3 Å². The summed E-state index contributed by atoms with van der Waals surface area (Å²) in [5, 5.41) is 26.2. The second kappa shape index (κ2) is 4.45. The fourth-order valence-corrected chi connectivity index (χ4v) is 1.27. The molecule has 0 heterocycles. The number of phenolic OH excluding ortho intramolecular Hbond substituents is 1. The minimum Gasteiger partial charge on any atom is -0.507 e. The monoisotopic (exact) mass is 248 g/mol. The van der Waals surface area contributed by atoms with Crippen molar-refractivity contribution in [3.63, 3.8) is 0 Å². The molecule has 4 heteroatoms. The molecule has 0 aliphatic carbocycles. The first-order chi connectivity index (χ1) is 6.67. The Morgan fingerprint density at radius 1 is 1.36 bits per heavy atom. The van der Waals surface area contributed by atoms with Gasteiger partial charge in [-0.25, -0.2) is 0 Å². The first-order valence-corrected chi connectivity index (χ1v) is 4.47. The zero-order chi connectivity index (χ0) is 10.6. The highest BCUT2D eigenvalue weighted by Crippen LogP contribution is 2.25. The summed E-state index contributed by atoms with van der Waals surface area (Å²) in [5.41, 5.74) is 0.718. The molecule has 0 fully saturated rings. The number of hydrogen-bond acceptors (Lipinski definition) is 3. The summed E-state index contributed by atoms with van der Waals surface area (Å²) in [5.74, 6) is 0.123. The van der Waals surface area contributed by atoms with Crippen LogP contribution in [-0.2, 0) is 0 Å². The zero-order valence-corrected chi connectivity index (χ0v) is 8.62. The number of benzene rings is 1. The van der Waals surface area contributed by atoms with Crippen LogP contribution in [0, 0.1) is 22.7 Å². The van der Waals surface area contributed by atoms with Crippen LogP contribution in [0.5, 0.6) is 5.75 Å². The standard InChI is InChI=1S/C10H5BrN2O/c11-9-4-7(1-2-10(9)14)3-8(5-12)6-13/h1-4,14H. The van der Waals surface area contributed by atoms with Gasteiger partial charge in [0.1, 0.15) is 23.5 Å². The van der Waals surface area contributed by atoms with Crippen LogP contribution in [0.1, 0.15) is 5.56 Å². The molecule has 0 aliphatic rings. The van der Waals surface area contributed by atoms with E-state index in [-0.39, 0.29) is 11.3 Å². The van der Waals surface area contributed by atoms with Gasteiger partial charge in [-0.05, 0) is 39.7 Å². The third-order valence-electron chi connectivity index (χ3n) is 1.52. The molecule has 1 N–H and O–H groups in total. The Morgan fingerprint density at radius 2 is 2.00 bits per heavy atom. The summed E-state index contributed by atoms with van der Waals surface area (Å²) in [4.78, 5) is 0. The lowest BCUT2D eigenvalue weighted by Crippen LogP contribution is -1.77. The summed E-state index contributed by atoms with van der Waals surface area (Å²) in [6.07, 6.45) is 1.45. The lowest BCUT2D eigenvalue weighted by atomic mass is 10.1. The van der Waals surface area contributed by atoms with Gasteiger partial charge in [-0.3, -0.25) is 0 Å². The van der Waals surface area contributed by atoms with Crippen LogP contribution in [0.4, 0.5) is 0 Å². The van der Waals surface area contributed by atoms with Crippen molar-refractivity contribution in [2.75, 3.05) is 0 Å². The highest BCUT2D eigenvalue weighted by Gasteiger charge is 1.99. The minimum atomic E-state index is 0.0302. The van der Waals surface area contributed by atoms with Gasteiger partial charge in [0.15, 0.2) is 0 Å². The first-order valence-electron chi connectivity index (χ1n) is 3.68. The van der Waals surface area contributed by atoms with Gasteiger partial charge >= 0.3 is 0 Å². The number of nitrogens with zero attached hydrogens (tertiary/aromatic N) is 2. The average molecular weight is 249 g/mol. The van der Waals surface area contributed by atoms with Gasteiger partial charge in [-0.15, -0.1) is 0 Å². The van der Waals surface area contributed by atoms with Crippen molar-refractivity contribution in [2.24, 2.45) is 0 Å². The highest BCUT2D eigenvalue weighted by atomic mass is 79.9. The molecule has 0 amide bonds.